The van der Waals surface area contributed by atoms with Crippen LogP contribution in [0, 0.1) is 5.92 Å². The molecule has 1 saturated heterocycles. The average molecular weight is 225 g/mol. The zero-order valence-corrected chi connectivity index (χ0v) is 9.98. The Bertz CT molecular complexity index is 228. The Morgan fingerprint density at radius 1 is 1.50 bits per heavy atom. The molecule has 92 valence electrons. The summed E-state index contributed by atoms with van der Waals surface area (Å²) >= 11 is 0. The summed E-state index contributed by atoms with van der Waals surface area (Å²) in [5, 5.41) is 9.92. The molecular weight excluding hydrogens is 202 g/mol. The number of aliphatic hydroxyl groups is 1. The standard InChI is InChI=1S/C13H23NO2/c1-2-3-4-12(15)9-14-7-8-16-10-13(14)11-5-6-11/h2,11-13,15H,1,3-10H2. The molecule has 3 nitrogen and oxygen atoms in total. The molecule has 1 aliphatic carbocycles. The molecule has 0 aromatic carbocycles. The van der Waals surface area contributed by atoms with Crippen LogP contribution in [0.3, 0.4) is 0 Å². The van der Waals surface area contributed by atoms with Crippen molar-refractivity contribution in [2.24, 2.45) is 5.92 Å². The molecule has 0 radical (unpaired) electrons. The summed E-state index contributed by atoms with van der Waals surface area (Å²) in [5.41, 5.74) is 0. The van der Waals surface area contributed by atoms with E-state index in [4.69, 9.17) is 4.74 Å². The van der Waals surface area contributed by atoms with Crippen LogP contribution in [0.2, 0.25) is 0 Å². The van der Waals surface area contributed by atoms with Gasteiger partial charge in [-0.15, -0.1) is 6.58 Å². The maximum atomic E-state index is 9.92. The van der Waals surface area contributed by atoms with Gasteiger partial charge in [-0.2, -0.15) is 0 Å². The van der Waals surface area contributed by atoms with Gasteiger partial charge >= 0.3 is 0 Å². The number of aliphatic hydroxyl groups excluding tert-OH is 1. The summed E-state index contributed by atoms with van der Waals surface area (Å²) in [5.74, 6) is 0.826. The van der Waals surface area contributed by atoms with Crippen LogP contribution in [0.25, 0.3) is 0 Å². The Morgan fingerprint density at radius 2 is 2.31 bits per heavy atom. The summed E-state index contributed by atoms with van der Waals surface area (Å²) in [4.78, 5) is 2.43. The summed E-state index contributed by atoms with van der Waals surface area (Å²) < 4.78 is 5.54. The number of rotatable bonds is 6. The first-order valence-corrected chi connectivity index (χ1v) is 6.42. The van der Waals surface area contributed by atoms with Gasteiger partial charge in [-0.1, -0.05) is 6.08 Å². The van der Waals surface area contributed by atoms with Crippen molar-refractivity contribution in [3.63, 3.8) is 0 Å². The van der Waals surface area contributed by atoms with E-state index in [0.29, 0.717) is 6.04 Å². The number of hydrogen-bond acceptors (Lipinski definition) is 3. The molecule has 1 N–H and O–H groups in total. The van der Waals surface area contributed by atoms with E-state index in [1.807, 2.05) is 6.08 Å². The third kappa shape index (κ3) is 3.30. The van der Waals surface area contributed by atoms with Gasteiger partial charge < -0.3 is 9.84 Å². The zero-order valence-electron chi connectivity index (χ0n) is 9.98. The molecule has 1 aliphatic heterocycles. The van der Waals surface area contributed by atoms with E-state index in [-0.39, 0.29) is 6.10 Å². The molecule has 2 fully saturated rings. The highest BCUT2D eigenvalue weighted by Gasteiger charge is 2.37. The van der Waals surface area contributed by atoms with E-state index >= 15 is 0 Å². The Kier molecular flexibility index (Phi) is 4.38. The minimum atomic E-state index is -0.211. The average Bonchev–Trinajstić information content (AvgIpc) is 3.11. The minimum absolute atomic E-state index is 0.211. The fraction of sp³-hybridized carbons (Fsp3) is 0.846. The number of morpholine rings is 1. The monoisotopic (exact) mass is 225 g/mol. The molecule has 0 aromatic rings. The third-order valence-electron chi connectivity index (χ3n) is 3.60. The molecule has 1 heterocycles. The number of β-amino-alcohol motifs (C(OH)–C–C–N with tert-alkyl or cyclic N) is 1. The van der Waals surface area contributed by atoms with Gasteiger partial charge in [0.2, 0.25) is 0 Å². The van der Waals surface area contributed by atoms with E-state index in [9.17, 15) is 5.11 Å². The molecular formula is C13H23NO2. The van der Waals surface area contributed by atoms with Crippen LogP contribution < -0.4 is 0 Å². The van der Waals surface area contributed by atoms with Gasteiger partial charge in [-0.05, 0) is 31.6 Å². The van der Waals surface area contributed by atoms with Crippen LogP contribution in [0.1, 0.15) is 25.7 Å². The highest BCUT2D eigenvalue weighted by atomic mass is 16.5. The van der Waals surface area contributed by atoms with Crippen molar-refractivity contribution in [2.45, 2.75) is 37.8 Å². The van der Waals surface area contributed by atoms with Crippen LogP contribution in [-0.2, 0) is 4.74 Å². The van der Waals surface area contributed by atoms with E-state index in [1.54, 1.807) is 0 Å². The molecule has 16 heavy (non-hydrogen) atoms. The SMILES string of the molecule is C=CCCC(O)CN1CCOCC1C1CC1. The van der Waals surface area contributed by atoms with Crippen molar-refractivity contribution in [3.05, 3.63) is 12.7 Å². The predicted octanol–water partition coefficient (Wildman–Crippen LogP) is 1.42. The van der Waals surface area contributed by atoms with Crippen molar-refractivity contribution >= 4 is 0 Å². The molecule has 2 aliphatic rings. The quantitative estimate of drug-likeness (QED) is 0.694. The molecule has 0 amide bonds. The number of ether oxygens (including phenoxy) is 1. The molecule has 2 unspecified atom stereocenters. The van der Waals surface area contributed by atoms with E-state index in [1.165, 1.54) is 12.8 Å². The van der Waals surface area contributed by atoms with Crippen molar-refractivity contribution in [3.8, 4) is 0 Å². The molecule has 0 bridgehead atoms. The molecule has 0 aromatic heterocycles. The predicted molar refractivity (Wildman–Crippen MR) is 64.3 cm³/mol. The lowest BCUT2D eigenvalue weighted by atomic mass is 10.1. The normalized spacial score (nSPS) is 28.9. The Morgan fingerprint density at radius 3 is 3.00 bits per heavy atom. The summed E-state index contributed by atoms with van der Waals surface area (Å²) in [6, 6.07) is 0.562. The first-order valence-electron chi connectivity index (χ1n) is 6.42. The fourth-order valence-corrected chi connectivity index (χ4v) is 2.47. The Labute approximate surface area is 98.1 Å². The molecule has 2 rings (SSSR count). The fourth-order valence-electron chi connectivity index (χ4n) is 2.47. The van der Waals surface area contributed by atoms with Crippen LogP contribution >= 0.6 is 0 Å². The highest BCUT2D eigenvalue weighted by Crippen LogP contribution is 2.36. The van der Waals surface area contributed by atoms with Crippen molar-refractivity contribution in [1.82, 2.24) is 4.90 Å². The maximum Gasteiger partial charge on any atom is 0.0670 e. The minimum Gasteiger partial charge on any atom is -0.392 e. The maximum absolute atomic E-state index is 9.92. The summed E-state index contributed by atoms with van der Waals surface area (Å²) in [6.45, 7) is 7.15. The molecule has 2 atom stereocenters. The van der Waals surface area contributed by atoms with Crippen molar-refractivity contribution < 1.29 is 9.84 Å². The van der Waals surface area contributed by atoms with Gasteiger partial charge in [0.25, 0.3) is 0 Å². The first kappa shape index (κ1) is 12.1. The second kappa shape index (κ2) is 5.80. The van der Waals surface area contributed by atoms with E-state index < -0.39 is 0 Å². The molecule has 1 saturated carbocycles. The topological polar surface area (TPSA) is 32.7 Å². The first-order chi connectivity index (χ1) is 7.81. The third-order valence-corrected chi connectivity index (χ3v) is 3.60. The Balaban J connectivity index is 1.78. The second-order valence-corrected chi connectivity index (χ2v) is 4.99. The summed E-state index contributed by atoms with van der Waals surface area (Å²) in [6.07, 6.45) is 6.08. The van der Waals surface area contributed by atoms with E-state index in [0.717, 1.165) is 45.1 Å². The lowest BCUT2D eigenvalue weighted by Crippen LogP contribution is -2.49. The zero-order chi connectivity index (χ0) is 11.4. The number of allylic oxidation sites excluding steroid dienone is 1. The van der Waals surface area contributed by atoms with Crippen LogP contribution in [0.15, 0.2) is 12.7 Å². The van der Waals surface area contributed by atoms with Gasteiger partial charge in [0.15, 0.2) is 0 Å². The van der Waals surface area contributed by atoms with Crippen LogP contribution in [0.4, 0.5) is 0 Å². The van der Waals surface area contributed by atoms with Gasteiger partial charge in [0, 0.05) is 19.1 Å². The van der Waals surface area contributed by atoms with Gasteiger partial charge in [-0.3, -0.25) is 4.90 Å². The highest BCUT2D eigenvalue weighted by molar-refractivity contribution is 4.90. The molecule has 3 heteroatoms. The largest absolute Gasteiger partial charge is 0.392 e. The summed E-state index contributed by atoms with van der Waals surface area (Å²) in [7, 11) is 0. The van der Waals surface area contributed by atoms with Crippen LogP contribution in [-0.4, -0.2) is 48.5 Å². The second-order valence-electron chi connectivity index (χ2n) is 4.99. The lowest BCUT2D eigenvalue weighted by molar-refractivity contribution is -0.0343. The smallest absolute Gasteiger partial charge is 0.0670 e. The van der Waals surface area contributed by atoms with Crippen molar-refractivity contribution in [2.75, 3.05) is 26.3 Å². The van der Waals surface area contributed by atoms with Gasteiger partial charge in [0.1, 0.15) is 0 Å². The van der Waals surface area contributed by atoms with Gasteiger partial charge in [-0.25, -0.2) is 0 Å². The Hall–Kier alpha value is -0.380. The van der Waals surface area contributed by atoms with Crippen LogP contribution in [0.5, 0.6) is 0 Å². The van der Waals surface area contributed by atoms with E-state index in [2.05, 4.69) is 11.5 Å². The lowest BCUT2D eigenvalue weighted by Gasteiger charge is -2.37. The number of nitrogens with zero attached hydrogens (tertiary/aromatic N) is 1. The molecule has 0 spiro atoms. The number of hydrogen-bond donors (Lipinski definition) is 1. The van der Waals surface area contributed by atoms with Gasteiger partial charge in [0.05, 0.1) is 19.3 Å². The van der Waals surface area contributed by atoms with Crippen molar-refractivity contribution in [1.29, 1.82) is 0 Å².